The van der Waals surface area contributed by atoms with Crippen LogP contribution in [0.5, 0.6) is 5.75 Å². The molecule has 1 aliphatic heterocycles. The lowest BCUT2D eigenvalue weighted by Crippen LogP contribution is -2.11. The standard InChI is InChI=1S/C47H31N3O/c1-4-12-31(13-5-1)33-20-24-35(25-21-33)45-41-30-51-44-29-39-38-18-10-11-19-42(38)50(37-16-8-3-9-17-37)43(39)28-40(44)46(41)49-47(48-45)36-26-22-34(23-27-36)32-14-6-2-7-15-32/h1-29H,30H2. The second kappa shape index (κ2) is 12.0. The fourth-order valence-corrected chi connectivity index (χ4v) is 7.41. The second-order valence-electron chi connectivity index (χ2n) is 13.0. The normalized spacial score (nSPS) is 12.0. The van der Waals surface area contributed by atoms with Gasteiger partial charge in [0.1, 0.15) is 12.4 Å². The van der Waals surface area contributed by atoms with E-state index in [1.165, 1.54) is 16.5 Å². The number of rotatable bonds is 5. The minimum Gasteiger partial charge on any atom is -0.488 e. The van der Waals surface area contributed by atoms with Crippen LogP contribution < -0.4 is 4.74 Å². The molecule has 4 heteroatoms. The minimum absolute atomic E-state index is 0.383. The predicted molar refractivity (Wildman–Crippen MR) is 208 cm³/mol. The first-order chi connectivity index (χ1) is 25.3. The average Bonchev–Trinajstić information content (AvgIpc) is 3.54. The van der Waals surface area contributed by atoms with E-state index in [1.54, 1.807) is 0 Å². The van der Waals surface area contributed by atoms with Crippen LogP contribution >= 0.6 is 0 Å². The Balaban J connectivity index is 1.18. The SMILES string of the molecule is c1ccc(-c2ccc(-c3nc(-c4ccc(-c5ccccc5)cc4)c4c(n3)-c3cc5c(cc3OC4)c3ccccc3n5-c3ccccc3)cc2)cc1. The molecule has 51 heavy (non-hydrogen) atoms. The number of hydrogen-bond acceptors (Lipinski definition) is 3. The molecule has 0 unspecified atom stereocenters. The summed E-state index contributed by atoms with van der Waals surface area (Å²) < 4.78 is 8.94. The molecule has 10 rings (SSSR count). The minimum atomic E-state index is 0.383. The number of hydrogen-bond donors (Lipinski definition) is 0. The van der Waals surface area contributed by atoms with Crippen molar-refractivity contribution in [3.05, 3.63) is 181 Å². The molecule has 7 aromatic carbocycles. The van der Waals surface area contributed by atoms with Gasteiger partial charge in [-0.25, -0.2) is 9.97 Å². The number of aromatic nitrogens is 3. The van der Waals surface area contributed by atoms with E-state index in [1.807, 2.05) is 12.1 Å². The Kier molecular flexibility index (Phi) is 6.85. The highest BCUT2D eigenvalue weighted by molar-refractivity contribution is 6.11. The molecule has 0 aliphatic carbocycles. The first-order valence-electron chi connectivity index (χ1n) is 17.3. The third-order valence-corrected chi connectivity index (χ3v) is 9.94. The maximum atomic E-state index is 6.60. The number of ether oxygens (including phenoxy) is 1. The Morgan fingerprint density at radius 3 is 1.63 bits per heavy atom. The van der Waals surface area contributed by atoms with Crippen LogP contribution in [-0.2, 0) is 6.61 Å². The van der Waals surface area contributed by atoms with Crippen LogP contribution in [0.3, 0.4) is 0 Å². The van der Waals surface area contributed by atoms with Crippen LogP contribution in [0.25, 0.3) is 83.6 Å². The van der Waals surface area contributed by atoms with Crippen LogP contribution in [0.1, 0.15) is 5.56 Å². The Morgan fingerprint density at radius 2 is 0.961 bits per heavy atom. The molecule has 9 aromatic rings. The van der Waals surface area contributed by atoms with Gasteiger partial charge in [0.15, 0.2) is 5.82 Å². The maximum absolute atomic E-state index is 6.60. The van der Waals surface area contributed by atoms with Crippen molar-refractivity contribution in [2.75, 3.05) is 0 Å². The number of fused-ring (bicyclic) bond motifs is 6. The molecule has 0 fully saturated rings. The molecule has 0 spiro atoms. The highest BCUT2D eigenvalue weighted by atomic mass is 16.5. The summed E-state index contributed by atoms with van der Waals surface area (Å²) >= 11 is 0. The van der Waals surface area contributed by atoms with Gasteiger partial charge in [-0.15, -0.1) is 0 Å². The summed E-state index contributed by atoms with van der Waals surface area (Å²) in [7, 11) is 0. The highest BCUT2D eigenvalue weighted by Gasteiger charge is 2.27. The van der Waals surface area contributed by atoms with Crippen LogP contribution in [0.2, 0.25) is 0 Å². The molecule has 0 saturated carbocycles. The van der Waals surface area contributed by atoms with E-state index in [-0.39, 0.29) is 0 Å². The Bertz CT molecular complexity index is 2700. The van der Waals surface area contributed by atoms with Crippen molar-refractivity contribution in [2.45, 2.75) is 6.61 Å². The smallest absolute Gasteiger partial charge is 0.160 e. The summed E-state index contributed by atoms with van der Waals surface area (Å²) in [5.74, 6) is 1.52. The van der Waals surface area contributed by atoms with E-state index in [9.17, 15) is 0 Å². The molecule has 3 heterocycles. The monoisotopic (exact) mass is 653 g/mol. The van der Waals surface area contributed by atoms with Gasteiger partial charge < -0.3 is 9.30 Å². The summed E-state index contributed by atoms with van der Waals surface area (Å²) in [6, 6.07) is 61.7. The summed E-state index contributed by atoms with van der Waals surface area (Å²) in [5.41, 5.74) is 13.8. The lowest BCUT2D eigenvalue weighted by atomic mass is 9.95. The maximum Gasteiger partial charge on any atom is 0.160 e. The molecule has 2 aromatic heterocycles. The summed E-state index contributed by atoms with van der Waals surface area (Å²) in [5, 5.41) is 2.34. The Hall–Kier alpha value is -6.78. The van der Waals surface area contributed by atoms with E-state index in [4.69, 9.17) is 14.7 Å². The van der Waals surface area contributed by atoms with Gasteiger partial charge >= 0.3 is 0 Å². The fourth-order valence-electron chi connectivity index (χ4n) is 7.41. The average molecular weight is 654 g/mol. The molecule has 0 atom stereocenters. The van der Waals surface area contributed by atoms with Crippen LogP contribution in [0.15, 0.2) is 176 Å². The zero-order valence-corrected chi connectivity index (χ0v) is 27.7. The topological polar surface area (TPSA) is 39.9 Å². The number of nitrogens with zero attached hydrogens (tertiary/aromatic N) is 3. The molecular formula is C47H31N3O. The van der Waals surface area contributed by atoms with Crippen molar-refractivity contribution < 1.29 is 4.74 Å². The molecule has 240 valence electrons. The first-order valence-corrected chi connectivity index (χ1v) is 17.3. The van der Waals surface area contributed by atoms with Crippen molar-refractivity contribution in [2.24, 2.45) is 0 Å². The lowest BCUT2D eigenvalue weighted by Gasteiger charge is -2.23. The van der Waals surface area contributed by atoms with Gasteiger partial charge in [0.2, 0.25) is 0 Å². The Morgan fingerprint density at radius 1 is 0.431 bits per heavy atom. The summed E-state index contributed by atoms with van der Waals surface area (Å²) in [4.78, 5) is 10.6. The summed E-state index contributed by atoms with van der Waals surface area (Å²) in [6.45, 7) is 0.383. The van der Waals surface area contributed by atoms with Gasteiger partial charge in [0, 0.05) is 38.7 Å². The molecule has 0 amide bonds. The molecule has 0 N–H and O–H groups in total. The van der Waals surface area contributed by atoms with E-state index < -0.39 is 0 Å². The molecule has 0 radical (unpaired) electrons. The molecule has 4 nitrogen and oxygen atoms in total. The summed E-state index contributed by atoms with van der Waals surface area (Å²) in [6.07, 6.45) is 0. The van der Waals surface area contributed by atoms with Gasteiger partial charge in [-0.3, -0.25) is 0 Å². The predicted octanol–water partition coefficient (Wildman–Crippen LogP) is 11.8. The van der Waals surface area contributed by atoms with Gasteiger partial charge in [0.25, 0.3) is 0 Å². The molecule has 0 bridgehead atoms. The number of para-hydroxylation sites is 2. The third-order valence-electron chi connectivity index (χ3n) is 9.94. The van der Waals surface area contributed by atoms with Gasteiger partial charge in [-0.2, -0.15) is 0 Å². The molecular weight excluding hydrogens is 623 g/mol. The van der Waals surface area contributed by atoms with E-state index in [2.05, 4.69) is 168 Å². The second-order valence-corrected chi connectivity index (χ2v) is 13.0. The fraction of sp³-hybridized carbons (Fsp3) is 0.0213. The van der Waals surface area contributed by atoms with E-state index >= 15 is 0 Å². The van der Waals surface area contributed by atoms with Crippen molar-refractivity contribution in [1.82, 2.24) is 14.5 Å². The van der Waals surface area contributed by atoms with Crippen LogP contribution in [0.4, 0.5) is 0 Å². The van der Waals surface area contributed by atoms with Crippen molar-refractivity contribution in [1.29, 1.82) is 0 Å². The van der Waals surface area contributed by atoms with Crippen molar-refractivity contribution >= 4 is 21.8 Å². The zero-order valence-electron chi connectivity index (χ0n) is 27.7. The Labute approximate surface area is 295 Å². The van der Waals surface area contributed by atoms with Crippen LogP contribution in [-0.4, -0.2) is 14.5 Å². The number of benzene rings is 7. The lowest BCUT2D eigenvalue weighted by molar-refractivity contribution is 0.302. The van der Waals surface area contributed by atoms with Gasteiger partial charge in [0.05, 0.1) is 22.4 Å². The van der Waals surface area contributed by atoms with Gasteiger partial charge in [-0.05, 0) is 52.6 Å². The van der Waals surface area contributed by atoms with Crippen molar-refractivity contribution in [3.63, 3.8) is 0 Å². The first kappa shape index (κ1) is 29.2. The van der Waals surface area contributed by atoms with E-state index in [0.29, 0.717) is 12.4 Å². The van der Waals surface area contributed by atoms with E-state index in [0.717, 1.165) is 72.6 Å². The quantitative estimate of drug-likeness (QED) is 0.186. The van der Waals surface area contributed by atoms with Crippen molar-refractivity contribution in [3.8, 4) is 67.6 Å². The zero-order chi connectivity index (χ0) is 33.7. The largest absolute Gasteiger partial charge is 0.488 e. The van der Waals surface area contributed by atoms with Crippen LogP contribution in [0, 0.1) is 0 Å². The highest BCUT2D eigenvalue weighted by Crippen LogP contribution is 2.45. The molecule has 0 saturated heterocycles. The third kappa shape index (κ3) is 5.00. The molecule has 1 aliphatic rings. The van der Waals surface area contributed by atoms with Gasteiger partial charge in [-0.1, -0.05) is 146 Å².